The van der Waals surface area contributed by atoms with Crippen LogP contribution in [0.1, 0.15) is 39.0 Å². The first-order chi connectivity index (χ1) is 8.50. The third-order valence-corrected chi connectivity index (χ3v) is 4.67. The first-order valence-electron chi connectivity index (χ1n) is 6.70. The topological polar surface area (TPSA) is 77.8 Å². The van der Waals surface area contributed by atoms with Crippen molar-refractivity contribution in [1.29, 1.82) is 0 Å². The Kier molecular flexibility index (Phi) is 3.61. The molecule has 1 aliphatic carbocycles. The second-order valence-electron chi connectivity index (χ2n) is 5.53. The number of carbonyl (C=O) groups excluding carboxylic acids is 1. The van der Waals surface area contributed by atoms with Crippen molar-refractivity contribution in [2.24, 2.45) is 11.3 Å². The standard InChI is InChI=1S/C13H21NO4/c1-2-10(15)9-3-4-13(11(9)16)5-7-14(8-6-13)12(17)18/h9-10,15H,2-8H2,1H3,(H,17,18). The normalized spacial score (nSPS) is 28.7. The summed E-state index contributed by atoms with van der Waals surface area (Å²) in [5.74, 6) is -0.0618. The van der Waals surface area contributed by atoms with E-state index >= 15 is 0 Å². The fraction of sp³-hybridized carbons (Fsp3) is 0.846. The average Bonchev–Trinajstić information content (AvgIpc) is 2.67. The first-order valence-corrected chi connectivity index (χ1v) is 6.70. The molecule has 2 atom stereocenters. The summed E-state index contributed by atoms with van der Waals surface area (Å²) in [6.45, 7) is 2.77. The summed E-state index contributed by atoms with van der Waals surface area (Å²) in [4.78, 5) is 24.7. The lowest BCUT2D eigenvalue weighted by Crippen LogP contribution is -2.45. The van der Waals surface area contributed by atoms with Crippen molar-refractivity contribution >= 4 is 11.9 Å². The van der Waals surface area contributed by atoms with Crippen LogP contribution in [0.2, 0.25) is 0 Å². The van der Waals surface area contributed by atoms with Crippen LogP contribution >= 0.6 is 0 Å². The average molecular weight is 255 g/mol. The third-order valence-electron chi connectivity index (χ3n) is 4.67. The van der Waals surface area contributed by atoms with Crippen LogP contribution in [-0.4, -0.2) is 46.2 Å². The Balaban J connectivity index is 2.03. The molecule has 102 valence electrons. The molecule has 0 radical (unpaired) electrons. The lowest BCUT2D eigenvalue weighted by Gasteiger charge is -2.37. The van der Waals surface area contributed by atoms with Crippen molar-refractivity contribution < 1.29 is 19.8 Å². The molecule has 1 amide bonds. The van der Waals surface area contributed by atoms with E-state index in [-0.39, 0.29) is 17.1 Å². The Morgan fingerprint density at radius 2 is 2.06 bits per heavy atom. The summed E-state index contributed by atoms with van der Waals surface area (Å²) in [6.07, 6.45) is 1.96. The van der Waals surface area contributed by atoms with Crippen molar-refractivity contribution in [3.8, 4) is 0 Å². The highest BCUT2D eigenvalue weighted by atomic mass is 16.4. The predicted molar refractivity (Wildman–Crippen MR) is 65.3 cm³/mol. The zero-order chi connectivity index (χ0) is 13.3. The smallest absolute Gasteiger partial charge is 0.407 e. The van der Waals surface area contributed by atoms with Crippen LogP contribution in [0.3, 0.4) is 0 Å². The Morgan fingerprint density at radius 3 is 2.56 bits per heavy atom. The van der Waals surface area contributed by atoms with Crippen molar-refractivity contribution in [2.75, 3.05) is 13.1 Å². The van der Waals surface area contributed by atoms with Crippen LogP contribution in [0.15, 0.2) is 0 Å². The molecule has 2 rings (SSSR count). The van der Waals surface area contributed by atoms with E-state index in [0.29, 0.717) is 32.4 Å². The zero-order valence-electron chi connectivity index (χ0n) is 10.8. The second kappa shape index (κ2) is 4.88. The number of piperidine rings is 1. The molecule has 1 saturated heterocycles. The predicted octanol–water partition coefficient (Wildman–Crippen LogP) is 1.50. The Bertz CT molecular complexity index is 347. The van der Waals surface area contributed by atoms with Gasteiger partial charge in [-0.15, -0.1) is 0 Å². The number of amides is 1. The van der Waals surface area contributed by atoms with Crippen LogP contribution < -0.4 is 0 Å². The maximum Gasteiger partial charge on any atom is 0.407 e. The minimum Gasteiger partial charge on any atom is -0.465 e. The quantitative estimate of drug-likeness (QED) is 0.783. The van der Waals surface area contributed by atoms with Crippen LogP contribution in [0.5, 0.6) is 0 Å². The molecule has 0 aromatic heterocycles. The van der Waals surface area contributed by atoms with Crippen LogP contribution in [0.4, 0.5) is 4.79 Å². The van der Waals surface area contributed by atoms with Gasteiger partial charge in [0, 0.05) is 24.4 Å². The van der Waals surface area contributed by atoms with Crippen molar-refractivity contribution in [3.63, 3.8) is 0 Å². The molecule has 0 aromatic carbocycles. The summed E-state index contributed by atoms with van der Waals surface area (Å²) >= 11 is 0. The number of hydrogen-bond donors (Lipinski definition) is 2. The van der Waals surface area contributed by atoms with Crippen LogP contribution in [0, 0.1) is 11.3 Å². The van der Waals surface area contributed by atoms with Crippen molar-refractivity contribution in [3.05, 3.63) is 0 Å². The Morgan fingerprint density at radius 1 is 1.44 bits per heavy atom. The zero-order valence-corrected chi connectivity index (χ0v) is 10.8. The van der Waals surface area contributed by atoms with Gasteiger partial charge in [-0.2, -0.15) is 0 Å². The lowest BCUT2D eigenvalue weighted by molar-refractivity contribution is -0.134. The fourth-order valence-electron chi connectivity index (χ4n) is 3.35. The van der Waals surface area contributed by atoms with E-state index in [1.807, 2.05) is 6.92 Å². The molecule has 1 heterocycles. The number of rotatable bonds is 2. The highest BCUT2D eigenvalue weighted by Gasteiger charge is 2.50. The number of aliphatic hydroxyl groups excluding tert-OH is 1. The maximum absolute atomic E-state index is 12.4. The highest BCUT2D eigenvalue weighted by Crippen LogP contribution is 2.47. The van der Waals surface area contributed by atoms with Gasteiger partial charge in [-0.3, -0.25) is 4.79 Å². The second-order valence-corrected chi connectivity index (χ2v) is 5.53. The van der Waals surface area contributed by atoms with Crippen LogP contribution in [0.25, 0.3) is 0 Å². The van der Waals surface area contributed by atoms with E-state index < -0.39 is 12.2 Å². The molecule has 2 N–H and O–H groups in total. The lowest BCUT2D eigenvalue weighted by atomic mass is 9.75. The van der Waals surface area contributed by atoms with E-state index in [0.717, 1.165) is 12.8 Å². The molecule has 2 aliphatic rings. The largest absolute Gasteiger partial charge is 0.465 e. The number of Topliss-reactive ketones (excluding diaryl/α,β-unsaturated/α-hetero) is 1. The van der Waals surface area contributed by atoms with Crippen LogP contribution in [-0.2, 0) is 4.79 Å². The summed E-state index contributed by atoms with van der Waals surface area (Å²) in [5, 5.41) is 18.8. The molecule has 2 unspecified atom stereocenters. The van der Waals surface area contributed by atoms with E-state index in [2.05, 4.69) is 0 Å². The van der Waals surface area contributed by atoms with Gasteiger partial charge in [-0.1, -0.05) is 6.92 Å². The molecular formula is C13H21NO4. The minimum absolute atomic E-state index is 0.168. The summed E-state index contributed by atoms with van der Waals surface area (Å²) in [5.41, 5.74) is -0.354. The number of carbonyl (C=O) groups is 2. The third kappa shape index (κ3) is 2.11. The number of carboxylic acid groups (broad SMARTS) is 1. The van der Waals surface area contributed by atoms with Gasteiger partial charge in [-0.05, 0) is 32.1 Å². The van der Waals surface area contributed by atoms with Gasteiger partial charge in [-0.25, -0.2) is 4.79 Å². The van der Waals surface area contributed by atoms with Gasteiger partial charge in [0.2, 0.25) is 0 Å². The summed E-state index contributed by atoms with van der Waals surface area (Å²) in [6, 6.07) is 0. The molecule has 1 aliphatic heterocycles. The number of aliphatic hydroxyl groups is 1. The minimum atomic E-state index is -0.902. The van der Waals surface area contributed by atoms with Gasteiger partial charge in [0.1, 0.15) is 5.78 Å². The van der Waals surface area contributed by atoms with E-state index in [1.54, 1.807) is 0 Å². The molecule has 2 fully saturated rings. The monoisotopic (exact) mass is 255 g/mol. The summed E-state index contributed by atoms with van der Waals surface area (Å²) < 4.78 is 0. The molecule has 5 nitrogen and oxygen atoms in total. The van der Waals surface area contributed by atoms with E-state index in [4.69, 9.17) is 5.11 Å². The SMILES string of the molecule is CCC(O)C1CCC2(CCN(C(=O)O)CC2)C1=O. The van der Waals surface area contributed by atoms with Gasteiger partial charge < -0.3 is 15.1 Å². The molecular weight excluding hydrogens is 234 g/mol. The van der Waals surface area contributed by atoms with Gasteiger partial charge in [0.15, 0.2) is 0 Å². The highest BCUT2D eigenvalue weighted by molar-refractivity contribution is 5.89. The van der Waals surface area contributed by atoms with Gasteiger partial charge >= 0.3 is 6.09 Å². The maximum atomic E-state index is 12.4. The molecule has 0 bridgehead atoms. The number of ketones is 1. The van der Waals surface area contributed by atoms with Gasteiger partial charge in [0.05, 0.1) is 6.10 Å². The molecule has 5 heteroatoms. The molecule has 1 saturated carbocycles. The number of nitrogens with zero attached hydrogens (tertiary/aromatic N) is 1. The summed E-state index contributed by atoms with van der Waals surface area (Å²) in [7, 11) is 0. The molecule has 0 aromatic rings. The van der Waals surface area contributed by atoms with Gasteiger partial charge in [0.25, 0.3) is 0 Å². The fourth-order valence-corrected chi connectivity index (χ4v) is 3.35. The van der Waals surface area contributed by atoms with Crippen molar-refractivity contribution in [1.82, 2.24) is 4.90 Å². The molecule has 1 spiro atoms. The molecule has 18 heavy (non-hydrogen) atoms. The van der Waals surface area contributed by atoms with E-state index in [1.165, 1.54) is 4.90 Å². The first kappa shape index (κ1) is 13.3. The number of hydrogen-bond acceptors (Lipinski definition) is 3. The van der Waals surface area contributed by atoms with E-state index in [9.17, 15) is 14.7 Å². The van der Waals surface area contributed by atoms with Crippen molar-refractivity contribution in [2.45, 2.75) is 45.1 Å². The Labute approximate surface area is 107 Å². The number of likely N-dealkylation sites (tertiary alicyclic amines) is 1. The Hall–Kier alpha value is -1.10.